The second-order valence-electron chi connectivity index (χ2n) is 4.12. The highest BCUT2D eigenvalue weighted by atomic mass is 16.5. The van der Waals surface area contributed by atoms with E-state index in [1.807, 2.05) is 6.92 Å². The number of nitrogens with zero attached hydrogens (tertiary/aromatic N) is 1. The summed E-state index contributed by atoms with van der Waals surface area (Å²) in [5.41, 5.74) is 0. The van der Waals surface area contributed by atoms with Gasteiger partial charge in [-0.3, -0.25) is 9.69 Å². The number of ether oxygens (including phenoxy) is 2. The van der Waals surface area contributed by atoms with E-state index in [1.165, 1.54) is 12.8 Å². The van der Waals surface area contributed by atoms with Crippen LogP contribution < -0.4 is 0 Å². The Balaban J connectivity index is 2.17. The van der Waals surface area contributed by atoms with Crippen molar-refractivity contribution in [2.75, 3.05) is 32.9 Å². The molecule has 0 radical (unpaired) electrons. The third kappa shape index (κ3) is 5.47. The van der Waals surface area contributed by atoms with Crippen molar-refractivity contribution in [3.05, 3.63) is 0 Å². The van der Waals surface area contributed by atoms with Crippen LogP contribution in [0.4, 0.5) is 0 Å². The molecule has 1 saturated carbocycles. The monoisotopic (exact) mass is 229 g/mol. The van der Waals surface area contributed by atoms with Crippen LogP contribution in [0.3, 0.4) is 0 Å². The van der Waals surface area contributed by atoms with Crippen LogP contribution in [0.1, 0.15) is 33.1 Å². The molecule has 0 saturated heterocycles. The first kappa shape index (κ1) is 13.5. The predicted molar refractivity (Wildman–Crippen MR) is 62.3 cm³/mol. The first-order chi connectivity index (χ1) is 7.77. The zero-order valence-electron chi connectivity index (χ0n) is 10.4. The van der Waals surface area contributed by atoms with E-state index in [9.17, 15) is 4.79 Å². The lowest BCUT2D eigenvalue weighted by Gasteiger charge is -2.20. The second kappa shape index (κ2) is 7.63. The van der Waals surface area contributed by atoms with E-state index >= 15 is 0 Å². The molecule has 0 aromatic rings. The molecule has 0 aliphatic heterocycles. The Hall–Kier alpha value is -0.610. The topological polar surface area (TPSA) is 38.8 Å². The van der Waals surface area contributed by atoms with Crippen molar-refractivity contribution >= 4 is 5.97 Å². The molecule has 4 heteroatoms. The lowest BCUT2D eigenvalue weighted by molar-refractivity contribution is -0.144. The molecule has 0 bridgehead atoms. The van der Waals surface area contributed by atoms with Gasteiger partial charge in [0, 0.05) is 19.2 Å². The van der Waals surface area contributed by atoms with Gasteiger partial charge >= 0.3 is 5.97 Å². The van der Waals surface area contributed by atoms with Gasteiger partial charge < -0.3 is 9.47 Å². The summed E-state index contributed by atoms with van der Waals surface area (Å²) in [6.07, 6.45) is 3.45. The number of hydrogen-bond donors (Lipinski definition) is 0. The lowest BCUT2D eigenvalue weighted by Crippen LogP contribution is -2.35. The Bertz CT molecular complexity index is 204. The summed E-state index contributed by atoms with van der Waals surface area (Å²) >= 11 is 0. The molecule has 4 nitrogen and oxygen atoms in total. The third-order valence-corrected chi connectivity index (χ3v) is 2.57. The highest BCUT2D eigenvalue weighted by molar-refractivity contribution is 5.71. The zero-order valence-corrected chi connectivity index (χ0v) is 10.4. The molecule has 16 heavy (non-hydrogen) atoms. The van der Waals surface area contributed by atoms with Crippen LogP contribution in [-0.4, -0.2) is 49.8 Å². The molecule has 1 aliphatic rings. The number of rotatable bonds is 9. The van der Waals surface area contributed by atoms with E-state index in [0.29, 0.717) is 25.8 Å². The maximum Gasteiger partial charge on any atom is 0.320 e. The van der Waals surface area contributed by atoms with Gasteiger partial charge in [0.1, 0.15) is 0 Å². The fraction of sp³-hybridized carbons (Fsp3) is 0.917. The number of carbonyl (C=O) groups is 1. The molecule has 94 valence electrons. The molecule has 0 unspecified atom stereocenters. The minimum atomic E-state index is -0.120. The minimum absolute atomic E-state index is 0.120. The van der Waals surface area contributed by atoms with Crippen molar-refractivity contribution in [3.63, 3.8) is 0 Å². The smallest absolute Gasteiger partial charge is 0.320 e. The quantitative estimate of drug-likeness (QED) is 0.443. The van der Waals surface area contributed by atoms with Crippen LogP contribution in [0, 0.1) is 0 Å². The van der Waals surface area contributed by atoms with E-state index in [0.717, 1.165) is 19.6 Å². The van der Waals surface area contributed by atoms with Crippen LogP contribution in [0.5, 0.6) is 0 Å². The van der Waals surface area contributed by atoms with E-state index < -0.39 is 0 Å². The van der Waals surface area contributed by atoms with Crippen LogP contribution in [0.15, 0.2) is 0 Å². The summed E-state index contributed by atoms with van der Waals surface area (Å²) in [6, 6.07) is 0.578. The maximum absolute atomic E-state index is 11.4. The fourth-order valence-corrected chi connectivity index (χ4v) is 1.63. The van der Waals surface area contributed by atoms with Crippen LogP contribution in [0.25, 0.3) is 0 Å². The average molecular weight is 229 g/mol. The van der Waals surface area contributed by atoms with E-state index in [4.69, 9.17) is 9.47 Å². The summed E-state index contributed by atoms with van der Waals surface area (Å²) in [5, 5.41) is 0. The Kier molecular flexibility index (Phi) is 6.42. The minimum Gasteiger partial charge on any atom is -0.465 e. The van der Waals surface area contributed by atoms with Gasteiger partial charge in [0.15, 0.2) is 0 Å². The number of hydrogen-bond acceptors (Lipinski definition) is 4. The Labute approximate surface area is 97.9 Å². The molecule has 0 aromatic carbocycles. The van der Waals surface area contributed by atoms with Gasteiger partial charge in [-0.25, -0.2) is 0 Å². The third-order valence-electron chi connectivity index (χ3n) is 2.57. The molecule has 0 aromatic heterocycles. The van der Waals surface area contributed by atoms with Gasteiger partial charge in [0.05, 0.1) is 19.8 Å². The summed E-state index contributed by atoms with van der Waals surface area (Å²) in [6.45, 7) is 7.16. The first-order valence-electron chi connectivity index (χ1n) is 6.25. The first-order valence-corrected chi connectivity index (χ1v) is 6.25. The predicted octanol–water partition coefficient (Wildman–Crippen LogP) is 1.44. The SMILES string of the molecule is CCCOCCN(CC(=O)OCC)C1CC1. The van der Waals surface area contributed by atoms with Gasteiger partial charge in [0.25, 0.3) is 0 Å². The molecule has 1 rings (SSSR count). The number of esters is 1. The summed E-state index contributed by atoms with van der Waals surface area (Å²) in [7, 11) is 0. The van der Waals surface area contributed by atoms with Crippen molar-refractivity contribution in [3.8, 4) is 0 Å². The molecule has 0 spiro atoms. The highest BCUT2D eigenvalue weighted by Gasteiger charge is 2.30. The van der Waals surface area contributed by atoms with E-state index in [2.05, 4.69) is 11.8 Å². The van der Waals surface area contributed by atoms with Crippen molar-refractivity contribution in [2.45, 2.75) is 39.2 Å². The molecule has 1 aliphatic carbocycles. The van der Waals surface area contributed by atoms with Gasteiger partial charge in [0.2, 0.25) is 0 Å². The Morgan fingerprint density at radius 1 is 1.31 bits per heavy atom. The molecular weight excluding hydrogens is 206 g/mol. The molecule has 0 N–H and O–H groups in total. The fourth-order valence-electron chi connectivity index (χ4n) is 1.63. The van der Waals surface area contributed by atoms with Crippen molar-refractivity contribution in [1.29, 1.82) is 0 Å². The van der Waals surface area contributed by atoms with E-state index in [1.54, 1.807) is 0 Å². The van der Waals surface area contributed by atoms with Gasteiger partial charge in [-0.1, -0.05) is 6.92 Å². The summed E-state index contributed by atoms with van der Waals surface area (Å²) < 4.78 is 10.4. The molecule has 0 heterocycles. The maximum atomic E-state index is 11.4. The zero-order chi connectivity index (χ0) is 11.8. The Morgan fingerprint density at radius 2 is 2.06 bits per heavy atom. The van der Waals surface area contributed by atoms with Gasteiger partial charge in [-0.05, 0) is 26.2 Å². The molecular formula is C12H23NO3. The largest absolute Gasteiger partial charge is 0.465 e. The molecule has 0 atom stereocenters. The second-order valence-corrected chi connectivity index (χ2v) is 4.12. The van der Waals surface area contributed by atoms with Crippen LogP contribution in [0.2, 0.25) is 0 Å². The molecule has 1 fully saturated rings. The van der Waals surface area contributed by atoms with Crippen molar-refractivity contribution in [1.82, 2.24) is 4.90 Å². The Morgan fingerprint density at radius 3 is 2.62 bits per heavy atom. The van der Waals surface area contributed by atoms with Crippen LogP contribution >= 0.6 is 0 Å². The normalized spacial score (nSPS) is 15.4. The lowest BCUT2D eigenvalue weighted by atomic mass is 10.4. The number of carbonyl (C=O) groups excluding carboxylic acids is 1. The summed E-state index contributed by atoms with van der Waals surface area (Å²) in [4.78, 5) is 13.5. The average Bonchev–Trinajstić information content (AvgIpc) is 3.06. The highest BCUT2D eigenvalue weighted by Crippen LogP contribution is 2.26. The van der Waals surface area contributed by atoms with E-state index in [-0.39, 0.29) is 5.97 Å². The standard InChI is InChI=1S/C12H23NO3/c1-3-8-15-9-7-13(11-5-6-11)10-12(14)16-4-2/h11H,3-10H2,1-2H3. The van der Waals surface area contributed by atoms with Gasteiger partial charge in [-0.2, -0.15) is 0 Å². The van der Waals surface area contributed by atoms with Crippen LogP contribution in [-0.2, 0) is 14.3 Å². The molecule has 0 amide bonds. The van der Waals surface area contributed by atoms with Crippen molar-refractivity contribution in [2.24, 2.45) is 0 Å². The van der Waals surface area contributed by atoms with Crippen molar-refractivity contribution < 1.29 is 14.3 Å². The van der Waals surface area contributed by atoms with Gasteiger partial charge in [-0.15, -0.1) is 0 Å². The summed E-state index contributed by atoms with van der Waals surface area (Å²) in [5.74, 6) is -0.120.